The Balaban J connectivity index is 2.56. The molecule has 0 aromatic rings. The fraction of sp³-hybridized carbons (Fsp3) is 0.750. The second kappa shape index (κ2) is 7.68. The maximum absolute atomic E-state index is 12.0. The van der Waals surface area contributed by atoms with E-state index in [1.54, 1.807) is 0 Å². The van der Waals surface area contributed by atoms with Crippen LogP contribution in [0.3, 0.4) is 0 Å². The molecule has 1 heterocycles. The van der Waals surface area contributed by atoms with Crippen LogP contribution in [0.15, 0.2) is 0 Å². The average Bonchev–Trinajstić information content (AvgIpc) is 2.46. The molecule has 2 amide bonds. The highest BCUT2D eigenvalue weighted by atomic mass is 16.5. The van der Waals surface area contributed by atoms with Crippen LogP contribution in [0, 0.1) is 5.92 Å². The Hall–Kier alpha value is -1.83. The van der Waals surface area contributed by atoms with Gasteiger partial charge in [-0.15, -0.1) is 0 Å². The predicted octanol–water partition coefficient (Wildman–Crippen LogP) is -0.583. The minimum absolute atomic E-state index is 0.00565. The van der Waals surface area contributed by atoms with E-state index >= 15 is 0 Å². The smallest absolute Gasteiger partial charge is 0.326 e. The van der Waals surface area contributed by atoms with Crippen LogP contribution in [0.5, 0.6) is 0 Å². The molecule has 0 saturated carbocycles. The van der Waals surface area contributed by atoms with Crippen molar-refractivity contribution in [1.29, 1.82) is 0 Å². The van der Waals surface area contributed by atoms with Gasteiger partial charge in [0.2, 0.25) is 0 Å². The summed E-state index contributed by atoms with van der Waals surface area (Å²) in [6.07, 6.45) is 1.17. The molecule has 20 heavy (non-hydrogen) atoms. The van der Waals surface area contributed by atoms with Gasteiger partial charge in [-0.25, -0.2) is 9.59 Å². The number of nitrogens with zero attached hydrogens (tertiary/aromatic N) is 1. The van der Waals surface area contributed by atoms with Crippen LogP contribution in [0.2, 0.25) is 0 Å². The van der Waals surface area contributed by atoms with E-state index in [4.69, 9.17) is 10.2 Å². The van der Waals surface area contributed by atoms with Gasteiger partial charge in [0.15, 0.2) is 0 Å². The number of urea groups is 1. The largest absolute Gasteiger partial charge is 0.480 e. The van der Waals surface area contributed by atoms with Gasteiger partial charge in [0, 0.05) is 19.7 Å². The zero-order valence-corrected chi connectivity index (χ0v) is 11.4. The highest BCUT2D eigenvalue weighted by Gasteiger charge is 2.28. The first-order chi connectivity index (χ1) is 9.47. The molecule has 0 radical (unpaired) electrons. The minimum atomic E-state index is -1.32. The van der Waals surface area contributed by atoms with Crippen molar-refractivity contribution in [2.45, 2.75) is 25.3 Å². The lowest BCUT2D eigenvalue weighted by atomic mass is 9.99. The molecule has 0 aliphatic carbocycles. The number of hydrogen-bond donors (Lipinski definition) is 3. The normalized spacial score (nSPS) is 20.1. The number of carboxylic acids is 1. The molecule has 0 spiro atoms. The Kier molecular flexibility index (Phi) is 6.23. The molecule has 8 nitrogen and oxygen atoms in total. The molecule has 2 atom stereocenters. The second-order valence-electron chi connectivity index (χ2n) is 4.76. The quantitative estimate of drug-likeness (QED) is 0.583. The van der Waals surface area contributed by atoms with E-state index in [1.807, 2.05) is 0 Å². The minimum Gasteiger partial charge on any atom is -0.480 e. The van der Waals surface area contributed by atoms with E-state index in [0.717, 1.165) is 20.0 Å². The topological polar surface area (TPSA) is 116 Å². The lowest BCUT2D eigenvalue weighted by Gasteiger charge is -2.32. The first kappa shape index (κ1) is 16.2. The van der Waals surface area contributed by atoms with Crippen molar-refractivity contribution in [1.82, 2.24) is 10.2 Å². The number of aliphatic hydroxyl groups is 1. The molecule has 1 aliphatic rings. The fourth-order valence-corrected chi connectivity index (χ4v) is 2.09. The maximum Gasteiger partial charge on any atom is 0.326 e. The van der Waals surface area contributed by atoms with Gasteiger partial charge in [0.1, 0.15) is 6.04 Å². The van der Waals surface area contributed by atoms with Crippen molar-refractivity contribution < 1.29 is 29.3 Å². The number of rotatable bonds is 5. The summed E-state index contributed by atoms with van der Waals surface area (Å²) in [5, 5.41) is 20.4. The van der Waals surface area contributed by atoms with Crippen LogP contribution in [0.4, 0.5) is 4.79 Å². The molecule has 8 heteroatoms. The van der Waals surface area contributed by atoms with Crippen LogP contribution in [-0.2, 0) is 14.3 Å². The number of nitrogens with one attached hydrogen (secondary N) is 1. The number of ether oxygens (including phenoxy) is 1. The van der Waals surface area contributed by atoms with Gasteiger partial charge in [-0.2, -0.15) is 0 Å². The molecule has 1 fully saturated rings. The molecule has 3 N–H and O–H groups in total. The summed E-state index contributed by atoms with van der Waals surface area (Å²) in [6.45, 7) is 0.883. The van der Waals surface area contributed by atoms with Gasteiger partial charge in [0.25, 0.3) is 0 Å². The van der Waals surface area contributed by atoms with E-state index in [-0.39, 0.29) is 12.5 Å². The van der Waals surface area contributed by atoms with E-state index in [9.17, 15) is 14.4 Å². The number of esters is 1. The third kappa shape index (κ3) is 4.69. The van der Waals surface area contributed by atoms with Crippen molar-refractivity contribution in [2.24, 2.45) is 5.92 Å². The van der Waals surface area contributed by atoms with Crippen molar-refractivity contribution in [3.63, 3.8) is 0 Å². The third-order valence-electron chi connectivity index (χ3n) is 3.26. The number of likely N-dealkylation sites (tertiary alicyclic amines) is 1. The summed E-state index contributed by atoms with van der Waals surface area (Å²) < 4.78 is 4.39. The molecule has 0 aromatic carbocycles. The second-order valence-corrected chi connectivity index (χ2v) is 4.76. The monoisotopic (exact) mass is 288 g/mol. The molecule has 114 valence electrons. The summed E-state index contributed by atoms with van der Waals surface area (Å²) in [6, 6.07) is -1.86. The van der Waals surface area contributed by atoms with E-state index < -0.39 is 30.4 Å². The number of hydrogen-bond acceptors (Lipinski definition) is 5. The summed E-state index contributed by atoms with van der Waals surface area (Å²) >= 11 is 0. The van der Waals surface area contributed by atoms with Crippen LogP contribution >= 0.6 is 0 Å². The summed E-state index contributed by atoms with van der Waals surface area (Å²) in [7, 11) is 1.15. The van der Waals surface area contributed by atoms with Gasteiger partial charge in [-0.05, 0) is 18.8 Å². The van der Waals surface area contributed by atoms with Crippen LogP contribution < -0.4 is 5.32 Å². The first-order valence-corrected chi connectivity index (χ1v) is 6.43. The number of aliphatic hydroxyl groups excluding tert-OH is 1. The fourth-order valence-electron chi connectivity index (χ4n) is 2.09. The molecule has 1 unspecified atom stereocenters. The number of methoxy groups -OCH3 is 1. The number of carboxylic acid groups (broad SMARTS) is 1. The van der Waals surface area contributed by atoms with Crippen LogP contribution in [0.1, 0.15) is 19.3 Å². The molecular formula is C12H20N2O6. The lowest BCUT2D eigenvalue weighted by Crippen LogP contribution is -2.51. The molecule has 0 aromatic heterocycles. The van der Waals surface area contributed by atoms with Crippen molar-refractivity contribution in [2.75, 3.05) is 26.8 Å². The van der Waals surface area contributed by atoms with E-state index in [1.165, 1.54) is 4.90 Å². The molecule has 1 rings (SSSR count). The van der Waals surface area contributed by atoms with Crippen molar-refractivity contribution >= 4 is 18.0 Å². The Labute approximate surface area is 116 Å². The van der Waals surface area contributed by atoms with Gasteiger partial charge >= 0.3 is 18.0 Å². The molecule has 1 saturated heterocycles. The summed E-state index contributed by atoms with van der Waals surface area (Å²) in [5.41, 5.74) is 0. The first-order valence-electron chi connectivity index (χ1n) is 6.43. The molecular weight excluding hydrogens is 268 g/mol. The van der Waals surface area contributed by atoms with Gasteiger partial charge in [-0.3, -0.25) is 4.79 Å². The Morgan fingerprint density at radius 3 is 2.70 bits per heavy atom. The zero-order chi connectivity index (χ0) is 15.1. The highest BCUT2D eigenvalue weighted by molar-refractivity contribution is 5.86. The molecule has 1 aliphatic heterocycles. The number of carbonyl (C=O) groups is 3. The van der Waals surface area contributed by atoms with Crippen molar-refractivity contribution in [3.8, 4) is 0 Å². The lowest BCUT2D eigenvalue weighted by molar-refractivity contribution is -0.147. The standard InChI is InChI=1S/C12H20N2O6/c1-20-10(16)5-9(11(17)18)13-12(19)14-4-2-3-8(6-14)7-15/h8-9,15H,2-7H2,1H3,(H,13,19)(H,17,18)/t8?,9-/m0/s1. The summed E-state index contributed by atoms with van der Waals surface area (Å²) in [4.78, 5) is 35.5. The van der Waals surface area contributed by atoms with Crippen LogP contribution in [-0.4, -0.2) is 65.9 Å². The average molecular weight is 288 g/mol. The number of aliphatic carboxylic acids is 1. The Morgan fingerprint density at radius 2 is 2.15 bits per heavy atom. The number of amides is 2. The van der Waals surface area contributed by atoms with Gasteiger partial charge in [0.05, 0.1) is 13.5 Å². The van der Waals surface area contributed by atoms with Gasteiger partial charge in [-0.1, -0.05) is 0 Å². The van der Waals surface area contributed by atoms with E-state index in [2.05, 4.69) is 10.1 Å². The van der Waals surface area contributed by atoms with E-state index in [0.29, 0.717) is 13.1 Å². The molecule has 0 bridgehead atoms. The zero-order valence-electron chi connectivity index (χ0n) is 11.4. The van der Waals surface area contributed by atoms with Gasteiger partial charge < -0.3 is 25.2 Å². The highest BCUT2D eigenvalue weighted by Crippen LogP contribution is 2.15. The Bertz CT molecular complexity index is 373. The third-order valence-corrected chi connectivity index (χ3v) is 3.26. The predicted molar refractivity (Wildman–Crippen MR) is 68.0 cm³/mol. The van der Waals surface area contributed by atoms with Crippen molar-refractivity contribution in [3.05, 3.63) is 0 Å². The SMILES string of the molecule is COC(=O)C[C@H](NC(=O)N1CCCC(CO)C1)C(=O)O. The maximum atomic E-state index is 12.0. The Morgan fingerprint density at radius 1 is 1.45 bits per heavy atom. The van der Waals surface area contributed by atoms with Crippen LogP contribution in [0.25, 0.3) is 0 Å². The number of piperidine rings is 1. The number of carbonyl (C=O) groups excluding carboxylic acids is 2. The summed E-state index contributed by atoms with van der Waals surface area (Å²) in [5.74, 6) is -1.98.